The number of methoxy groups -OCH3 is 1. The van der Waals surface area contributed by atoms with E-state index < -0.39 is 0 Å². The molecule has 1 aliphatic heterocycles. The third-order valence-corrected chi connectivity index (χ3v) is 3.15. The summed E-state index contributed by atoms with van der Waals surface area (Å²) in [6.07, 6.45) is 1.58. The first-order valence-electron chi connectivity index (χ1n) is 6.13. The molecule has 6 nitrogen and oxygen atoms in total. The van der Waals surface area contributed by atoms with Crippen molar-refractivity contribution in [2.24, 2.45) is 0 Å². The van der Waals surface area contributed by atoms with Crippen LogP contribution in [0.5, 0.6) is 0 Å². The van der Waals surface area contributed by atoms with E-state index in [1.165, 1.54) is 7.11 Å². The third-order valence-electron chi connectivity index (χ3n) is 3.15. The molecule has 1 aromatic rings. The van der Waals surface area contributed by atoms with Crippen molar-refractivity contribution in [1.82, 2.24) is 9.88 Å². The van der Waals surface area contributed by atoms with Gasteiger partial charge in [0.1, 0.15) is 11.9 Å². The lowest BCUT2D eigenvalue weighted by atomic mass is 10.2. The number of carbonyl (C=O) groups excluding carboxylic acids is 1. The van der Waals surface area contributed by atoms with Crippen molar-refractivity contribution in [3.8, 4) is 6.07 Å². The number of aromatic nitrogens is 1. The molecule has 0 radical (unpaired) electrons. The number of anilines is 1. The van der Waals surface area contributed by atoms with E-state index in [0.29, 0.717) is 12.1 Å². The molecule has 0 N–H and O–H groups in total. The summed E-state index contributed by atoms with van der Waals surface area (Å²) in [7, 11) is 1.40. The second-order valence-electron chi connectivity index (χ2n) is 4.36. The second kappa shape index (κ2) is 6.16. The van der Waals surface area contributed by atoms with Gasteiger partial charge in [0.2, 0.25) is 0 Å². The highest BCUT2D eigenvalue weighted by Crippen LogP contribution is 2.13. The van der Waals surface area contributed by atoms with Gasteiger partial charge in [0, 0.05) is 32.4 Å². The maximum absolute atomic E-state index is 11.2. The van der Waals surface area contributed by atoms with Crippen LogP contribution in [0.1, 0.15) is 5.56 Å². The first-order chi connectivity index (χ1) is 9.22. The van der Waals surface area contributed by atoms with Crippen molar-refractivity contribution < 1.29 is 9.53 Å². The van der Waals surface area contributed by atoms with Crippen LogP contribution in [0.3, 0.4) is 0 Å². The number of hydrogen-bond donors (Lipinski definition) is 0. The highest BCUT2D eigenvalue weighted by atomic mass is 16.5. The Morgan fingerprint density at radius 2 is 2.16 bits per heavy atom. The number of pyridine rings is 1. The Morgan fingerprint density at radius 3 is 2.68 bits per heavy atom. The fraction of sp³-hybridized carbons (Fsp3) is 0.462. The molecule has 0 amide bonds. The van der Waals surface area contributed by atoms with Crippen molar-refractivity contribution in [1.29, 1.82) is 5.26 Å². The molecule has 0 aromatic carbocycles. The average Bonchev–Trinajstić information content (AvgIpc) is 2.48. The molecular formula is C13H16N4O2. The molecule has 100 valence electrons. The molecule has 2 rings (SSSR count). The molecule has 1 aromatic heterocycles. The smallest absolute Gasteiger partial charge is 0.319 e. The van der Waals surface area contributed by atoms with Crippen LogP contribution in [-0.4, -0.2) is 55.7 Å². The van der Waals surface area contributed by atoms with Crippen LogP contribution in [0.2, 0.25) is 0 Å². The molecule has 1 fully saturated rings. The Bertz CT molecular complexity index is 472. The summed E-state index contributed by atoms with van der Waals surface area (Å²) in [5, 5.41) is 8.73. The van der Waals surface area contributed by atoms with Crippen LogP contribution < -0.4 is 4.90 Å². The van der Waals surface area contributed by atoms with Gasteiger partial charge < -0.3 is 9.64 Å². The number of nitrogens with zero attached hydrogens (tertiary/aromatic N) is 4. The van der Waals surface area contributed by atoms with Gasteiger partial charge in [0.25, 0.3) is 0 Å². The van der Waals surface area contributed by atoms with E-state index >= 15 is 0 Å². The highest BCUT2D eigenvalue weighted by molar-refractivity contribution is 5.71. The van der Waals surface area contributed by atoms with Crippen molar-refractivity contribution in [2.45, 2.75) is 0 Å². The average molecular weight is 260 g/mol. The second-order valence-corrected chi connectivity index (χ2v) is 4.36. The largest absolute Gasteiger partial charge is 0.468 e. The number of carbonyl (C=O) groups is 1. The maximum Gasteiger partial charge on any atom is 0.319 e. The zero-order valence-electron chi connectivity index (χ0n) is 10.9. The van der Waals surface area contributed by atoms with Gasteiger partial charge in [-0.1, -0.05) is 0 Å². The lowest BCUT2D eigenvalue weighted by molar-refractivity contribution is -0.142. The summed E-state index contributed by atoms with van der Waals surface area (Å²) in [6, 6.07) is 5.67. The highest BCUT2D eigenvalue weighted by Gasteiger charge is 2.19. The molecule has 6 heteroatoms. The number of ether oxygens (including phenoxy) is 1. The Labute approximate surface area is 112 Å². The third kappa shape index (κ3) is 3.42. The fourth-order valence-electron chi connectivity index (χ4n) is 2.02. The Kier molecular flexibility index (Phi) is 4.31. The summed E-state index contributed by atoms with van der Waals surface area (Å²) in [4.78, 5) is 19.7. The minimum atomic E-state index is -0.204. The Morgan fingerprint density at radius 1 is 1.42 bits per heavy atom. The van der Waals surface area contributed by atoms with E-state index in [-0.39, 0.29) is 5.97 Å². The van der Waals surface area contributed by atoms with Gasteiger partial charge in [-0.05, 0) is 12.1 Å². The molecule has 19 heavy (non-hydrogen) atoms. The zero-order chi connectivity index (χ0) is 13.7. The SMILES string of the molecule is COC(=O)CN1CCN(c2ccc(C#N)cn2)CC1. The van der Waals surface area contributed by atoms with E-state index in [1.54, 1.807) is 12.3 Å². The first-order valence-corrected chi connectivity index (χ1v) is 6.13. The molecule has 0 aliphatic carbocycles. The van der Waals surface area contributed by atoms with E-state index in [4.69, 9.17) is 5.26 Å². The van der Waals surface area contributed by atoms with Crippen LogP contribution in [0.15, 0.2) is 18.3 Å². The molecule has 1 aliphatic rings. The van der Waals surface area contributed by atoms with Gasteiger partial charge in [-0.2, -0.15) is 5.26 Å². The molecule has 1 saturated heterocycles. The van der Waals surface area contributed by atoms with Crippen LogP contribution in [0.4, 0.5) is 5.82 Å². The number of nitriles is 1. The van der Waals surface area contributed by atoms with Crippen LogP contribution in [0, 0.1) is 11.3 Å². The van der Waals surface area contributed by atoms with Gasteiger partial charge in [-0.25, -0.2) is 4.98 Å². The summed E-state index contributed by atoms with van der Waals surface area (Å²) in [5.41, 5.74) is 0.563. The molecule has 0 atom stereocenters. The summed E-state index contributed by atoms with van der Waals surface area (Å²) >= 11 is 0. The number of rotatable bonds is 3. The topological polar surface area (TPSA) is 69.5 Å². The summed E-state index contributed by atoms with van der Waals surface area (Å²) in [6.45, 7) is 3.57. The predicted octanol–water partition coefficient (Wildman–Crippen LogP) is 0.248. The standard InChI is InChI=1S/C13H16N4O2/c1-19-13(18)10-16-4-6-17(7-5-16)12-3-2-11(8-14)9-15-12/h2-3,9H,4-7,10H2,1H3. The lowest BCUT2D eigenvalue weighted by Crippen LogP contribution is -2.48. The molecule has 0 bridgehead atoms. The summed E-state index contributed by atoms with van der Waals surface area (Å²) < 4.78 is 4.65. The maximum atomic E-state index is 11.2. The van der Waals surface area contributed by atoms with Gasteiger partial charge in [0.05, 0.1) is 19.2 Å². The molecule has 2 heterocycles. The monoisotopic (exact) mass is 260 g/mol. The lowest BCUT2D eigenvalue weighted by Gasteiger charge is -2.34. The van der Waals surface area contributed by atoms with Crippen molar-refractivity contribution in [3.05, 3.63) is 23.9 Å². The van der Waals surface area contributed by atoms with E-state index in [0.717, 1.165) is 32.0 Å². The van der Waals surface area contributed by atoms with Crippen molar-refractivity contribution >= 4 is 11.8 Å². The fourth-order valence-corrected chi connectivity index (χ4v) is 2.02. The minimum Gasteiger partial charge on any atom is -0.468 e. The van der Waals surface area contributed by atoms with Gasteiger partial charge in [0.15, 0.2) is 0 Å². The minimum absolute atomic E-state index is 0.204. The summed E-state index contributed by atoms with van der Waals surface area (Å²) in [5.74, 6) is 0.668. The normalized spacial score (nSPS) is 15.9. The molecule has 0 saturated carbocycles. The number of esters is 1. The van der Waals surface area contributed by atoms with E-state index in [9.17, 15) is 4.79 Å². The van der Waals surface area contributed by atoms with Gasteiger partial charge in [-0.3, -0.25) is 9.69 Å². The van der Waals surface area contributed by atoms with E-state index in [2.05, 4.69) is 25.6 Å². The Hall–Kier alpha value is -2.13. The van der Waals surface area contributed by atoms with Crippen molar-refractivity contribution in [3.63, 3.8) is 0 Å². The van der Waals surface area contributed by atoms with Crippen LogP contribution in [0.25, 0.3) is 0 Å². The van der Waals surface area contributed by atoms with Gasteiger partial charge in [-0.15, -0.1) is 0 Å². The first kappa shape index (κ1) is 13.3. The van der Waals surface area contributed by atoms with Crippen LogP contribution in [-0.2, 0) is 9.53 Å². The predicted molar refractivity (Wildman–Crippen MR) is 69.6 cm³/mol. The van der Waals surface area contributed by atoms with E-state index in [1.807, 2.05) is 6.07 Å². The van der Waals surface area contributed by atoms with Gasteiger partial charge >= 0.3 is 5.97 Å². The quantitative estimate of drug-likeness (QED) is 0.726. The molecule has 0 unspecified atom stereocenters. The molecular weight excluding hydrogens is 244 g/mol. The van der Waals surface area contributed by atoms with Crippen LogP contribution >= 0.6 is 0 Å². The number of piperazine rings is 1. The van der Waals surface area contributed by atoms with Crippen molar-refractivity contribution in [2.75, 3.05) is 44.7 Å². The number of hydrogen-bond acceptors (Lipinski definition) is 6. The molecule has 0 spiro atoms. The Balaban J connectivity index is 1.89. The zero-order valence-corrected chi connectivity index (χ0v) is 10.9.